The van der Waals surface area contributed by atoms with Gasteiger partial charge in [-0.2, -0.15) is 0 Å². The molecule has 8 heteroatoms. The molecular weight excluding hydrogens is 448 g/mol. The number of amides is 1. The van der Waals surface area contributed by atoms with Gasteiger partial charge < -0.3 is 19.6 Å². The highest BCUT2D eigenvalue weighted by molar-refractivity contribution is 7.20. The fourth-order valence-corrected chi connectivity index (χ4v) is 5.20. The SMILES string of the molecule is COc1cc(-n2c(-c3ccc(-n4ccnc4C)cc3C)cc3sc(C=O)cc32)ccc1C(N)=O. The number of hydrogen-bond acceptors (Lipinski definition) is 5. The first-order valence-electron chi connectivity index (χ1n) is 10.6. The number of aromatic nitrogens is 3. The number of primary amides is 1. The summed E-state index contributed by atoms with van der Waals surface area (Å²) in [7, 11) is 1.51. The second kappa shape index (κ2) is 8.31. The van der Waals surface area contributed by atoms with Gasteiger partial charge in [-0.05, 0) is 55.8 Å². The molecule has 5 aromatic rings. The molecular formula is C26H22N4O3S. The Morgan fingerprint density at radius 3 is 2.53 bits per heavy atom. The first-order valence-corrected chi connectivity index (χ1v) is 11.4. The van der Waals surface area contributed by atoms with Crippen LogP contribution in [0.2, 0.25) is 0 Å². The van der Waals surface area contributed by atoms with Crippen molar-refractivity contribution in [2.45, 2.75) is 13.8 Å². The molecule has 2 N–H and O–H groups in total. The second-order valence-electron chi connectivity index (χ2n) is 7.97. The highest BCUT2D eigenvalue weighted by Crippen LogP contribution is 2.38. The zero-order valence-corrected chi connectivity index (χ0v) is 19.7. The summed E-state index contributed by atoms with van der Waals surface area (Å²) in [5, 5.41) is 0. The lowest BCUT2D eigenvalue weighted by atomic mass is 10.0. The van der Waals surface area contributed by atoms with E-state index in [1.165, 1.54) is 18.4 Å². The van der Waals surface area contributed by atoms with Crippen LogP contribution in [-0.2, 0) is 0 Å². The number of benzene rings is 2. The molecule has 1 amide bonds. The summed E-state index contributed by atoms with van der Waals surface area (Å²) < 4.78 is 10.6. The van der Waals surface area contributed by atoms with Crippen molar-refractivity contribution < 1.29 is 14.3 Å². The number of imidazole rings is 1. The monoisotopic (exact) mass is 470 g/mol. The van der Waals surface area contributed by atoms with Gasteiger partial charge in [-0.3, -0.25) is 9.59 Å². The Labute approximate surface area is 200 Å². The summed E-state index contributed by atoms with van der Waals surface area (Å²) in [5.74, 6) is 0.756. The predicted octanol–water partition coefficient (Wildman–Crippen LogP) is 5.08. The van der Waals surface area contributed by atoms with Gasteiger partial charge in [-0.1, -0.05) is 6.07 Å². The first-order chi connectivity index (χ1) is 16.4. The minimum absolute atomic E-state index is 0.311. The number of aldehydes is 1. The number of rotatable bonds is 6. The largest absolute Gasteiger partial charge is 0.496 e. The van der Waals surface area contributed by atoms with E-state index in [4.69, 9.17) is 10.5 Å². The van der Waals surface area contributed by atoms with Gasteiger partial charge in [-0.25, -0.2) is 4.98 Å². The van der Waals surface area contributed by atoms with Gasteiger partial charge in [0, 0.05) is 35.4 Å². The summed E-state index contributed by atoms with van der Waals surface area (Å²) in [5.41, 5.74) is 11.7. The van der Waals surface area contributed by atoms with Crippen LogP contribution >= 0.6 is 11.3 Å². The smallest absolute Gasteiger partial charge is 0.252 e. The molecule has 0 saturated heterocycles. The minimum Gasteiger partial charge on any atom is -0.496 e. The Bertz CT molecular complexity index is 1570. The Kier molecular flexibility index (Phi) is 5.30. The number of methoxy groups -OCH3 is 1. The van der Waals surface area contributed by atoms with Crippen molar-refractivity contribution in [3.63, 3.8) is 0 Å². The van der Waals surface area contributed by atoms with Crippen molar-refractivity contribution in [1.82, 2.24) is 14.1 Å². The van der Waals surface area contributed by atoms with Crippen LogP contribution in [0.25, 0.3) is 32.8 Å². The zero-order chi connectivity index (χ0) is 24.0. The lowest BCUT2D eigenvalue weighted by molar-refractivity contribution is 0.0997. The fraction of sp³-hybridized carbons (Fsp3) is 0.115. The molecule has 0 aliphatic heterocycles. The third kappa shape index (κ3) is 3.48. The Morgan fingerprint density at radius 1 is 1.09 bits per heavy atom. The number of carbonyl (C=O) groups is 2. The highest BCUT2D eigenvalue weighted by atomic mass is 32.1. The normalized spacial score (nSPS) is 11.1. The first kappa shape index (κ1) is 21.7. The number of nitrogens with two attached hydrogens (primary N) is 1. The van der Waals surface area contributed by atoms with E-state index < -0.39 is 5.91 Å². The maximum absolute atomic E-state index is 11.8. The van der Waals surface area contributed by atoms with Gasteiger partial charge in [0.1, 0.15) is 11.6 Å². The molecule has 34 heavy (non-hydrogen) atoms. The molecule has 0 saturated carbocycles. The highest BCUT2D eigenvalue weighted by Gasteiger charge is 2.19. The molecule has 3 aromatic heterocycles. The molecule has 0 spiro atoms. The molecule has 0 radical (unpaired) electrons. The van der Waals surface area contributed by atoms with Crippen LogP contribution < -0.4 is 10.5 Å². The van der Waals surface area contributed by atoms with E-state index in [-0.39, 0.29) is 0 Å². The standard InChI is InChI=1S/C26H22N4O3S/c1-15-10-17(29-9-8-28-16(29)2)4-6-20(15)22-13-25-23(12-19(14-31)34-25)30(22)18-5-7-21(26(27)32)24(11-18)33-3/h4-14H,1-3H3,(H2,27,32). The predicted molar refractivity (Wildman–Crippen MR) is 134 cm³/mol. The van der Waals surface area contributed by atoms with Gasteiger partial charge >= 0.3 is 0 Å². The average Bonchev–Trinajstić information content (AvgIpc) is 3.52. The van der Waals surface area contributed by atoms with E-state index in [0.717, 1.165) is 50.5 Å². The van der Waals surface area contributed by atoms with Crippen molar-refractivity contribution in [2.24, 2.45) is 5.73 Å². The van der Waals surface area contributed by atoms with E-state index in [1.807, 2.05) is 29.8 Å². The maximum atomic E-state index is 11.8. The Balaban J connectivity index is 1.73. The van der Waals surface area contributed by atoms with Crippen LogP contribution in [0.3, 0.4) is 0 Å². The molecule has 7 nitrogen and oxygen atoms in total. The van der Waals surface area contributed by atoms with Crippen molar-refractivity contribution in [2.75, 3.05) is 7.11 Å². The van der Waals surface area contributed by atoms with Crippen LogP contribution in [0, 0.1) is 13.8 Å². The van der Waals surface area contributed by atoms with Crippen LogP contribution in [0.5, 0.6) is 5.75 Å². The van der Waals surface area contributed by atoms with Crippen LogP contribution in [-0.4, -0.2) is 33.4 Å². The number of ether oxygens (including phenoxy) is 1. The van der Waals surface area contributed by atoms with Gasteiger partial charge in [0.05, 0.1) is 33.5 Å². The molecule has 170 valence electrons. The lowest BCUT2D eigenvalue weighted by Gasteiger charge is -2.16. The van der Waals surface area contributed by atoms with Gasteiger partial charge in [-0.15, -0.1) is 11.3 Å². The summed E-state index contributed by atoms with van der Waals surface area (Å²) in [6, 6.07) is 15.5. The van der Waals surface area contributed by atoms with Crippen LogP contribution in [0.1, 0.15) is 31.4 Å². The zero-order valence-electron chi connectivity index (χ0n) is 18.9. The molecule has 0 aliphatic rings. The molecule has 0 bridgehead atoms. The van der Waals surface area contributed by atoms with Gasteiger partial charge in [0.25, 0.3) is 5.91 Å². The number of fused-ring (bicyclic) bond motifs is 1. The summed E-state index contributed by atoms with van der Waals surface area (Å²) in [6.45, 7) is 4.04. The van der Waals surface area contributed by atoms with Crippen LogP contribution in [0.15, 0.2) is 60.9 Å². The summed E-state index contributed by atoms with van der Waals surface area (Å²) in [4.78, 5) is 28.2. The third-order valence-electron chi connectivity index (χ3n) is 5.92. The number of thiophene rings is 1. The van der Waals surface area contributed by atoms with E-state index in [2.05, 4.69) is 40.7 Å². The second-order valence-corrected chi connectivity index (χ2v) is 9.09. The number of nitrogens with zero attached hydrogens (tertiary/aromatic N) is 3. The number of carbonyl (C=O) groups excluding carboxylic acids is 2. The van der Waals surface area contributed by atoms with Crippen molar-refractivity contribution in [3.8, 4) is 28.4 Å². The van der Waals surface area contributed by atoms with Crippen molar-refractivity contribution in [3.05, 3.63) is 82.8 Å². The molecule has 0 atom stereocenters. The molecule has 0 unspecified atom stereocenters. The molecule has 3 heterocycles. The topological polar surface area (TPSA) is 92.1 Å². The average molecular weight is 471 g/mol. The van der Waals surface area contributed by atoms with Gasteiger partial charge in [0.15, 0.2) is 6.29 Å². The lowest BCUT2D eigenvalue weighted by Crippen LogP contribution is -2.12. The van der Waals surface area contributed by atoms with E-state index in [1.54, 1.807) is 18.3 Å². The van der Waals surface area contributed by atoms with E-state index in [0.29, 0.717) is 16.2 Å². The number of aryl methyl sites for hydroxylation is 2. The fourth-order valence-electron chi connectivity index (χ4n) is 4.30. The third-order valence-corrected chi connectivity index (χ3v) is 6.92. The van der Waals surface area contributed by atoms with E-state index >= 15 is 0 Å². The van der Waals surface area contributed by atoms with E-state index in [9.17, 15) is 9.59 Å². The minimum atomic E-state index is -0.554. The van der Waals surface area contributed by atoms with Crippen molar-refractivity contribution >= 4 is 33.7 Å². The van der Waals surface area contributed by atoms with Gasteiger partial charge in [0.2, 0.25) is 0 Å². The maximum Gasteiger partial charge on any atom is 0.252 e. The molecule has 0 aliphatic carbocycles. The summed E-state index contributed by atoms with van der Waals surface area (Å²) in [6.07, 6.45) is 4.58. The summed E-state index contributed by atoms with van der Waals surface area (Å²) >= 11 is 1.44. The van der Waals surface area contributed by atoms with Crippen molar-refractivity contribution in [1.29, 1.82) is 0 Å². The molecule has 0 fully saturated rings. The molecule has 5 rings (SSSR count). The Morgan fingerprint density at radius 2 is 1.88 bits per heavy atom. The quantitative estimate of drug-likeness (QED) is 0.350. The molecule has 2 aromatic carbocycles. The number of hydrogen-bond donors (Lipinski definition) is 1. The van der Waals surface area contributed by atoms with Crippen LogP contribution in [0.4, 0.5) is 0 Å². The Hall–Kier alpha value is -4.17.